The molecule has 11 heteroatoms. The van der Waals surface area contributed by atoms with Crippen LogP contribution in [-0.2, 0) is 24.8 Å². The van der Waals surface area contributed by atoms with Gasteiger partial charge in [-0.1, -0.05) is 23.7 Å². The molecule has 0 unspecified atom stereocenters. The second-order valence-electron chi connectivity index (χ2n) is 6.25. The Balaban J connectivity index is 1.80. The monoisotopic (exact) mass is 458 g/mol. The Morgan fingerprint density at radius 1 is 0.862 bits per heavy atom. The van der Waals surface area contributed by atoms with Crippen molar-refractivity contribution < 1.29 is 26.4 Å². The summed E-state index contributed by atoms with van der Waals surface area (Å²) < 4.78 is 58.6. The Morgan fingerprint density at radius 2 is 1.38 bits per heavy atom. The molecule has 0 aromatic heterocycles. The number of piperazine rings is 1. The van der Waals surface area contributed by atoms with Crippen LogP contribution < -0.4 is 0 Å². The molecule has 0 bridgehead atoms. The summed E-state index contributed by atoms with van der Waals surface area (Å²) in [6.45, 7) is -0.0928. The number of hydrogen-bond donors (Lipinski definition) is 0. The van der Waals surface area contributed by atoms with Crippen LogP contribution in [0.25, 0.3) is 0 Å². The number of carbonyl (C=O) groups is 1. The van der Waals surface area contributed by atoms with Crippen LogP contribution in [0.15, 0.2) is 58.3 Å². The molecule has 0 radical (unpaired) electrons. The van der Waals surface area contributed by atoms with Crippen molar-refractivity contribution in [2.75, 3.05) is 33.3 Å². The fourth-order valence-electron chi connectivity index (χ4n) is 3.02. The Labute approximate surface area is 174 Å². The van der Waals surface area contributed by atoms with Crippen molar-refractivity contribution in [3.63, 3.8) is 0 Å². The predicted molar refractivity (Wildman–Crippen MR) is 107 cm³/mol. The summed E-state index contributed by atoms with van der Waals surface area (Å²) in [6.07, 6.45) is 0. The highest BCUT2D eigenvalue weighted by molar-refractivity contribution is 7.89. The van der Waals surface area contributed by atoms with E-state index in [1.54, 1.807) is 6.07 Å². The first-order valence-corrected chi connectivity index (χ1v) is 11.9. The first-order chi connectivity index (χ1) is 13.7. The molecule has 0 amide bonds. The number of nitrogens with zero attached hydrogens (tertiary/aromatic N) is 2. The van der Waals surface area contributed by atoms with E-state index in [0.717, 1.165) is 0 Å². The van der Waals surface area contributed by atoms with Gasteiger partial charge in [0.15, 0.2) is 0 Å². The lowest BCUT2D eigenvalue weighted by atomic mass is 10.2. The van der Waals surface area contributed by atoms with Crippen molar-refractivity contribution in [2.45, 2.75) is 9.79 Å². The minimum atomic E-state index is -3.99. The highest BCUT2D eigenvalue weighted by Gasteiger charge is 2.35. The van der Waals surface area contributed by atoms with E-state index in [1.165, 1.54) is 58.2 Å². The number of rotatable bonds is 5. The van der Waals surface area contributed by atoms with Crippen molar-refractivity contribution in [3.05, 3.63) is 59.1 Å². The fourth-order valence-corrected chi connectivity index (χ4v) is 6.17. The van der Waals surface area contributed by atoms with Crippen LogP contribution in [0.1, 0.15) is 10.4 Å². The van der Waals surface area contributed by atoms with Gasteiger partial charge in [-0.05, 0) is 36.4 Å². The predicted octanol–water partition coefficient (Wildman–Crippen LogP) is 1.82. The molecule has 1 heterocycles. The maximum Gasteiger partial charge on any atom is 0.339 e. The average molecular weight is 459 g/mol. The third kappa shape index (κ3) is 4.31. The zero-order chi connectivity index (χ0) is 21.2. The van der Waals surface area contributed by atoms with Crippen molar-refractivity contribution in [1.29, 1.82) is 0 Å². The second kappa shape index (κ2) is 8.41. The molecule has 8 nitrogen and oxygen atoms in total. The standard InChI is InChI=1S/C18H19ClN2O6S2/c1-27-18(22)16-4-2-3-5-17(16)29(25,26)21-12-10-20(11-13-21)28(23,24)15-8-6-14(19)7-9-15/h2-9H,10-13H2,1H3. The van der Waals surface area contributed by atoms with Crippen LogP contribution in [0.3, 0.4) is 0 Å². The molecular formula is C18H19ClN2O6S2. The van der Waals surface area contributed by atoms with Crippen molar-refractivity contribution in [3.8, 4) is 0 Å². The van der Waals surface area contributed by atoms with Crippen LogP contribution in [0, 0.1) is 0 Å². The fraction of sp³-hybridized carbons (Fsp3) is 0.278. The van der Waals surface area contributed by atoms with Crippen LogP contribution in [0.5, 0.6) is 0 Å². The molecule has 0 spiro atoms. The Morgan fingerprint density at radius 3 is 1.93 bits per heavy atom. The summed E-state index contributed by atoms with van der Waals surface area (Å²) in [4.78, 5) is 11.9. The number of halogens is 1. The zero-order valence-electron chi connectivity index (χ0n) is 15.5. The number of esters is 1. The maximum atomic E-state index is 13.0. The molecule has 2 aromatic rings. The van der Waals surface area contributed by atoms with Gasteiger partial charge in [-0.15, -0.1) is 0 Å². The van der Waals surface area contributed by atoms with Gasteiger partial charge in [-0.3, -0.25) is 0 Å². The number of sulfonamides is 2. The van der Waals surface area contributed by atoms with Crippen LogP contribution in [0.4, 0.5) is 0 Å². The normalized spacial score (nSPS) is 16.5. The first kappa shape index (κ1) is 21.7. The highest BCUT2D eigenvalue weighted by Crippen LogP contribution is 2.25. The minimum absolute atomic E-state index is 0.00934. The van der Waals surface area contributed by atoms with E-state index >= 15 is 0 Å². The molecule has 3 rings (SSSR count). The van der Waals surface area contributed by atoms with Gasteiger partial charge >= 0.3 is 5.97 Å². The van der Waals surface area contributed by atoms with E-state index in [0.29, 0.717) is 5.02 Å². The van der Waals surface area contributed by atoms with Crippen LogP contribution >= 0.6 is 11.6 Å². The number of benzene rings is 2. The molecular weight excluding hydrogens is 440 g/mol. The van der Waals surface area contributed by atoms with Gasteiger partial charge in [0.1, 0.15) is 0 Å². The van der Waals surface area contributed by atoms with E-state index < -0.39 is 26.0 Å². The van der Waals surface area contributed by atoms with E-state index in [1.807, 2.05) is 0 Å². The summed E-state index contributed by atoms with van der Waals surface area (Å²) in [5.41, 5.74) is -0.0637. The highest BCUT2D eigenvalue weighted by atomic mass is 35.5. The van der Waals surface area contributed by atoms with Gasteiger partial charge < -0.3 is 4.74 Å². The summed E-state index contributed by atoms with van der Waals surface area (Å²) in [5, 5.41) is 0.420. The number of methoxy groups -OCH3 is 1. The lowest BCUT2D eigenvalue weighted by Gasteiger charge is -2.33. The summed E-state index contributed by atoms with van der Waals surface area (Å²) in [6, 6.07) is 11.6. The number of ether oxygens (including phenoxy) is 1. The first-order valence-electron chi connectivity index (χ1n) is 8.61. The molecule has 0 N–H and O–H groups in total. The smallest absolute Gasteiger partial charge is 0.339 e. The summed E-state index contributed by atoms with van der Waals surface area (Å²) in [7, 11) is -6.58. The van der Waals surface area contributed by atoms with E-state index in [2.05, 4.69) is 4.74 Å². The average Bonchev–Trinajstić information content (AvgIpc) is 2.73. The summed E-state index contributed by atoms with van der Waals surface area (Å²) in [5.74, 6) is -0.756. The summed E-state index contributed by atoms with van der Waals surface area (Å²) >= 11 is 5.81. The number of carbonyl (C=O) groups excluding carboxylic acids is 1. The molecule has 1 saturated heterocycles. The maximum absolute atomic E-state index is 13.0. The molecule has 0 aliphatic carbocycles. The van der Waals surface area contributed by atoms with Gasteiger partial charge in [-0.2, -0.15) is 8.61 Å². The minimum Gasteiger partial charge on any atom is -0.465 e. The Hall–Kier alpha value is -1.98. The van der Waals surface area contributed by atoms with Gasteiger partial charge in [0, 0.05) is 31.2 Å². The Kier molecular flexibility index (Phi) is 6.30. The molecule has 1 aliphatic heterocycles. The Bertz CT molecular complexity index is 1110. The second-order valence-corrected chi connectivity index (χ2v) is 10.5. The van der Waals surface area contributed by atoms with Crippen LogP contribution in [-0.4, -0.2) is 64.7 Å². The molecule has 1 fully saturated rings. The SMILES string of the molecule is COC(=O)c1ccccc1S(=O)(=O)N1CCN(S(=O)(=O)c2ccc(Cl)cc2)CC1. The molecule has 29 heavy (non-hydrogen) atoms. The topological polar surface area (TPSA) is 101 Å². The molecule has 0 saturated carbocycles. The molecule has 1 aliphatic rings. The molecule has 0 atom stereocenters. The largest absolute Gasteiger partial charge is 0.465 e. The van der Waals surface area contributed by atoms with Crippen molar-refractivity contribution in [1.82, 2.24) is 8.61 Å². The van der Waals surface area contributed by atoms with Gasteiger partial charge in [0.25, 0.3) is 0 Å². The zero-order valence-corrected chi connectivity index (χ0v) is 17.9. The lowest BCUT2D eigenvalue weighted by Crippen LogP contribution is -2.50. The third-order valence-corrected chi connectivity index (χ3v) is 8.68. The van der Waals surface area contributed by atoms with Gasteiger partial charge in [0.2, 0.25) is 20.0 Å². The third-order valence-electron chi connectivity index (χ3n) is 4.56. The van der Waals surface area contributed by atoms with Gasteiger partial charge in [-0.25, -0.2) is 21.6 Å². The van der Waals surface area contributed by atoms with E-state index in [9.17, 15) is 21.6 Å². The van der Waals surface area contributed by atoms with Crippen molar-refractivity contribution >= 4 is 37.6 Å². The van der Waals surface area contributed by atoms with E-state index in [4.69, 9.17) is 11.6 Å². The quantitative estimate of drug-likeness (QED) is 0.633. The van der Waals surface area contributed by atoms with Crippen LogP contribution in [0.2, 0.25) is 5.02 Å². The lowest BCUT2D eigenvalue weighted by molar-refractivity contribution is 0.0596. The molecule has 2 aromatic carbocycles. The number of hydrogen-bond acceptors (Lipinski definition) is 6. The molecule has 156 valence electrons. The van der Waals surface area contributed by atoms with E-state index in [-0.39, 0.29) is 41.5 Å². The van der Waals surface area contributed by atoms with Gasteiger partial charge in [0.05, 0.1) is 22.5 Å². The van der Waals surface area contributed by atoms with Crippen molar-refractivity contribution in [2.24, 2.45) is 0 Å².